The van der Waals surface area contributed by atoms with E-state index in [1.54, 1.807) is 26.1 Å². The van der Waals surface area contributed by atoms with Crippen molar-refractivity contribution in [3.8, 4) is 22.1 Å². The number of hydrogen-bond donors (Lipinski definition) is 2. The lowest BCUT2D eigenvalue weighted by Gasteiger charge is -2.25. The first-order chi connectivity index (χ1) is 24.9. The number of nitrogens with zero attached hydrogens (tertiary/aromatic N) is 5. The number of ether oxygens (including phenoxy) is 2. The van der Waals surface area contributed by atoms with Gasteiger partial charge in [0, 0.05) is 34.8 Å². The number of methoxy groups -OCH3 is 1. The van der Waals surface area contributed by atoms with Crippen LogP contribution < -0.4 is 26.6 Å². The number of benzene rings is 2. The Balaban J connectivity index is 1.74. The number of hydrogen-bond acceptors (Lipinski definition) is 9. The third-order valence-corrected chi connectivity index (χ3v) is 8.77. The number of fused-ring (bicyclic) bond motifs is 1. The highest BCUT2D eigenvalue weighted by Crippen LogP contribution is 2.39. The quantitative estimate of drug-likeness (QED) is 0.172. The van der Waals surface area contributed by atoms with Gasteiger partial charge in [-0.1, -0.05) is 18.2 Å². The molecule has 5 aromatic rings. The number of thiophene rings is 1. The molecule has 0 aliphatic heterocycles. The summed E-state index contributed by atoms with van der Waals surface area (Å²) in [4.78, 5) is 55.3. The normalized spacial score (nSPS) is 11.7. The molecule has 0 radical (unpaired) electrons. The summed E-state index contributed by atoms with van der Waals surface area (Å²) < 4.78 is 80.0. The van der Waals surface area contributed by atoms with Crippen molar-refractivity contribution in [1.82, 2.24) is 29.5 Å². The second-order valence-corrected chi connectivity index (χ2v) is 13.6. The number of nitrogens with one attached hydrogen (secondary N) is 2. The van der Waals surface area contributed by atoms with Crippen molar-refractivity contribution in [2.75, 3.05) is 26.0 Å². The van der Waals surface area contributed by atoms with Crippen LogP contribution in [0.15, 0.2) is 64.2 Å². The van der Waals surface area contributed by atoms with Gasteiger partial charge in [0.2, 0.25) is 5.88 Å². The minimum Gasteiger partial charge on any atom is -0.480 e. The highest BCUT2D eigenvalue weighted by molar-refractivity contribution is 7.22. The zero-order chi connectivity index (χ0) is 38.8. The van der Waals surface area contributed by atoms with Gasteiger partial charge in [-0.15, -0.1) is 21.5 Å². The van der Waals surface area contributed by atoms with Gasteiger partial charge in [0.25, 0.3) is 5.56 Å². The Morgan fingerprint density at radius 1 is 0.943 bits per heavy atom. The van der Waals surface area contributed by atoms with Gasteiger partial charge in [0.1, 0.15) is 28.6 Å². The molecule has 0 saturated heterocycles. The summed E-state index contributed by atoms with van der Waals surface area (Å²) in [5, 5.41) is 11.7. The summed E-state index contributed by atoms with van der Waals surface area (Å²) in [6.07, 6.45) is -5.38. The number of rotatable bonds is 9. The third-order valence-electron chi connectivity index (χ3n) is 7.47. The van der Waals surface area contributed by atoms with E-state index >= 15 is 8.78 Å². The monoisotopic (exact) mass is 761 g/mol. The molecule has 280 valence electrons. The molecule has 2 N–H and O–H groups in total. The number of carbonyl (C=O) groups excluding carboxylic acids is 2. The molecule has 0 bridgehead atoms. The van der Waals surface area contributed by atoms with Crippen LogP contribution in [0.5, 0.6) is 5.88 Å². The number of carbonyl (C=O) groups is 2. The van der Waals surface area contributed by atoms with Gasteiger partial charge >= 0.3 is 24.0 Å². The van der Waals surface area contributed by atoms with Gasteiger partial charge in [-0.05, 0) is 56.7 Å². The highest BCUT2D eigenvalue weighted by atomic mass is 32.1. The Morgan fingerprint density at radius 3 is 2.17 bits per heavy atom. The fourth-order valence-corrected chi connectivity index (χ4v) is 6.38. The molecule has 3 amide bonds. The maximum absolute atomic E-state index is 15.0. The van der Waals surface area contributed by atoms with E-state index < -0.39 is 65.4 Å². The summed E-state index contributed by atoms with van der Waals surface area (Å²) in [5.74, 6) is -2.05. The number of halogens is 5. The van der Waals surface area contributed by atoms with Crippen molar-refractivity contribution in [3.63, 3.8) is 0 Å². The summed E-state index contributed by atoms with van der Waals surface area (Å²) in [5.41, 5.74) is -2.52. The van der Waals surface area contributed by atoms with Gasteiger partial charge in [0.05, 0.1) is 25.6 Å². The predicted octanol–water partition coefficient (Wildman–Crippen LogP) is 6.06. The third kappa shape index (κ3) is 8.79. The van der Waals surface area contributed by atoms with E-state index in [1.807, 2.05) is 0 Å². The van der Waals surface area contributed by atoms with Crippen LogP contribution in [0.4, 0.5) is 37.2 Å². The summed E-state index contributed by atoms with van der Waals surface area (Å²) in [7, 11) is 2.76. The molecule has 13 nitrogen and oxygen atoms in total. The number of anilines is 1. The van der Waals surface area contributed by atoms with E-state index in [2.05, 4.69) is 15.5 Å². The topological polar surface area (TPSA) is 150 Å². The molecule has 0 spiro atoms. The second kappa shape index (κ2) is 15.0. The van der Waals surface area contributed by atoms with Crippen LogP contribution in [0.1, 0.15) is 31.9 Å². The maximum Gasteiger partial charge on any atom is 0.410 e. The molecule has 0 atom stereocenters. The molecule has 0 fully saturated rings. The SMILES string of the molecule is COc1ccc(-n2c(=O)c3c(CN(C)C(=O)OC(C)(C)C)c(-c4ccc(NC(=O)NCC(F)(F)F)cc4)sc3n(Cc3c(F)cccc3F)c2=O)nn1. The molecule has 53 heavy (non-hydrogen) atoms. The first-order valence-corrected chi connectivity index (χ1v) is 16.5. The largest absolute Gasteiger partial charge is 0.480 e. The van der Waals surface area contributed by atoms with E-state index in [0.717, 1.165) is 34.1 Å². The van der Waals surface area contributed by atoms with Crippen LogP contribution in [0.2, 0.25) is 0 Å². The lowest BCUT2D eigenvalue weighted by atomic mass is 10.1. The predicted molar refractivity (Wildman–Crippen MR) is 185 cm³/mol. The van der Waals surface area contributed by atoms with Crippen LogP contribution in [-0.2, 0) is 17.8 Å². The minimum atomic E-state index is -4.62. The molecule has 5 rings (SSSR count). The fraction of sp³-hybridized carbons (Fsp3) is 0.294. The van der Waals surface area contributed by atoms with Crippen LogP contribution in [0, 0.1) is 11.6 Å². The second-order valence-electron chi connectivity index (χ2n) is 12.6. The van der Waals surface area contributed by atoms with E-state index in [9.17, 15) is 32.3 Å². The molecule has 0 aliphatic carbocycles. The van der Waals surface area contributed by atoms with Gasteiger partial charge in [-0.25, -0.2) is 27.7 Å². The van der Waals surface area contributed by atoms with Crippen molar-refractivity contribution in [1.29, 1.82) is 0 Å². The van der Waals surface area contributed by atoms with E-state index in [0.29, 0.717) is 15.0 Å². The van der Waals surface area contributed by atoms with Gasteiger partial charge < -0.3 is 25.0 Å². The molecular formula is C34H32F5N7O6S. The summed E-state index contributed by atoms with van der Waals surface area (Å²) in [6, 6.07) is 10.5. The van der Waals surface area contributed by atoms with Crippen molar-refractivity contribution < 1.29 is 41.0 Å². The smallest absolute Gasteiger partial charge is 0.410 e. The van der Waals surface area contributed by atoms with Crippen molar-refractivity contribution >= 4 is 39.4 Å². The molecule has 3 heterocycles. The van der Waals surface area contributed by atoms with E-state index in [1.165, 1.54) is 55.5 Å². The molecule has 19 heteroatoms. The van der Waals surface area contributed by atoms with Gasteiger partial charge in [-0.3, -0.25) is 9.36 Å². The Bertz CT molecular complexity index is 2260. The Morgan fingerprint density at radius 2 is 1.60 bits per heavy atom. The molecular weight excluding hydrogens is 729 g/mol. The molecule has 3 aromatic heterocycles. The van der Waals surface area contributed by atoms with Crippen LogP contribution in [-0.4, -0.2) is 68.8 Å². The van der Waals surface area contributed by atoms with Crippen molar-refractivity contribution in [3.05, 3.63) is 98.2 Å². The summed E-state index contributed by atoms with van der Waals surface area (Å²) >= 11 is 0.916. The number of alkyl halides is 3. The van der Waals surface area contributed by atoms with Gasteiger partial charge in [-0.2, -0.15) is 13.2 Å². The maximum atomic E-state index is 15.0. The highest BCUT2D eigenvalue weighted by Gasteiger charge is 2.29. The molecule has 2 aromatic carbocycles. The lowest BCUT2D eigenvalue weighted by Crippen LogP contribution is -2.40. The average molecular weight is 762 g/mol. The standard InChI is InChI=1S/C34H32F5N7O6S/c1-33(2,3)52-32(50)44(4)15-21-26-28(47)46(24-13-14-25(51-5)43-42-24)31(49)45(16-20-22(35)7-6-8-23(20)36)29(26)53-27(21)18-9-11-19(12-10-18)41-30(48)40-17-34(37,38)39/h6-14H,15-17H2,1-5H3,(H2,40,41,48). The summed E-state index contributed by atoms with van der Waals surface area (Å²) in [6.45, 7) is 2.52. The molecule has 0 saturated carbocycles. The number of aromatic nitrogens is 4. The van der Waals surface area contributed by atoms with Crippen LogP contribution in [0.25, 0.3) is 26.5 Å². The number of urea groups is 1. The Kier molecular flexibility index (Phi) is 10.9. The lowest BCUT2D eigenvalue weighted by molar-refractivity contribution is -0.122. The minimum absolute atomic E-state index is 0.00306. The molecule has 0 unspecified atom stereocenters. The van der Waals surface area contributed by atoms with E-state index in [4.69, 9.17) is 9.47 Å². The van der Waals surface area contributed by atoms with E-state index in [-0.39, 0.29) is 39.7 Å². The Labute approximate surface area is 301 Å². The molecule has 0 aliphatic rings. The van der Waals surface area contributed by atoms with Gasteiger partial charge in [0.15, 0.2) is 5.82 Å². The number of amides is 3. The van der Waals surface area contributed by atoms with Crippen molar-refractivity contribution in [2.45, 2.75) is 45.6 Å². The fourth-order valence-electron chi connectivity index (χ4n) is 5.08. The van der Waals surface area contributed by atoms with Crippen molar-refractivity contribution in [2.24, 2.45) is 0 Å². The Hall–Kier alpha value is -5.85. The van der Waals surface area contributed by atoms with Crippen LogP contribution in [0.3, 0.4) is 0 Å². The first-order valence-electron chi connectivity index (χ1n) is 15.6. The zero-order valence-corrected chi connectivity index (χ0v) is 29.6. The first kappa shape index (κ1) is 38.4. The van der Waals surface area contributed by atoms with Crippen LogP contribution >= 0.6 is 11.3 Å². The average Bonchev–Trinajstić information content (AvgIpc) is 3.45. The zero-order valence-electron chi connectivity index (χ0n) is 28.8.